The molecule has 83 valence electrons. The van der Waals surface area contributed by atoms with Crippen molar-refractivity contribution in [2.75, 3.05) is 8.86 Å². The Labute approximate surface area is 114 Å². The van der Waals surface area contributed by atoms with Crippen LogP contribution in [0.1, 0.15) is 27.7 Å². The average molecular weight is 422 g/mol. The first-order chi connectivity index (χ1) is 6.30. The van der Waals surface area contributed by atoms with Crippen LogP contribution in [0.25, 0.3) is 0 Å². The zero-order valence-corrected chi connectivity index (χ0v) is 13.5. The number of halogens is 2. The van der Waals surface area contributed by atoms with Gasteiger partial charge in [-0.05, 0) is 39.5 Å². The molecule has 0 aromatic rings. The van der Waals surface area contributed by atoms with Gasteiger partial charge in [0.05, 0.1) is 0 Å². The van der Waals surface area contributed by atoms with E-state index in [0.717, 1.165) is 8.86 Å². The predicted octanol–water partition coefficient (Wildman–Crippen LogP) is 3.31. The number of hydrogen-bond donors (Lipinski definition) is 0. The summed E-state index contributed by atoms with van der Waals surface area (Å²) in [5, 5.41) is 13.5. The van der Waals surface area contributed by atoms with Crippen LogP contribution in [0.5, 0.6) is 0 Å². The quantitative estimate of drug-likeness (QED) is 0.495. The van der Waals surface area contributed by atoms with Crippen molar-refractivity contribution in [1.29, 1.82) is 0 Å². The van der Waals surface area contributed by atoms with Crippen molar-refractivity contribution in [2.24, 2.45) is 11.8 Å². The Bertz CT molecular complexity index is 196. The molecule has 4 heteroatoms. The molecule has 0 unspecified atom stereocenters. The fourth-order valence-electron chi connectivity index (χ4n) is 2.62. The third kappa shape index (κ3) is 1.84. The summed E-state index contributed by atoms with van der Waals surface area (Å²) in [6.45, 7) is 8.32. The van der Waals surface area contributed by atoms with Crippen LogP contribution in [0.2, 0.25) is 0 Å². The lowest BCUT2D eigenvalue weighted by molar-refractivity contribution is -0.250. The molecule has 0 aromatic carbocycles. The van der Waals surface area contributed by atoms with Crippen molar-refractivity contribution >= 4 is 45.2 Å². The van der Waals surface area contributed by atoms with E-state index in [1.807, 2.05) is 0 Å². The highest BCUT2D eigenvalue weighted by Gasteiger charge is 2.57. The van der Waals surface area contributed by atoms with E-state index in [-0.39, 0.29) is 11.1 Å². The third-order valence-corrected chi connectivity index (χ3v) is 5.58. The molecule has 0 saturated carbocycles. The maximum Gasteiger partial charge on any atom is 0.0482 e. The molecule has 0 N–H and O–H groups in total. The fraction of sp³-hybridized carbons (Fsp3) is 1.00. The van der Waals surface area contributed by atoms with E-state index in [1.54, 1.807) is 0 Å². The first-order valence-electron chi connectivity index (χ1n) is 4.89. The van der Waals surface area contributed by atoms with Crippen LogP contribution < -0.4 is 0 Å². The summed E-state index contributed by atoms with van der Waals surface area (Å²) in [5.41, 5.74) is -0.416. The van der Waals surface area contributed by atoms with Gasteiger partial charge in [0.15, 0.2) is 0 Å². The van der Waals surface area contributed by atoms with E-state index in [1.165, 1.54) is 5.06 Å². The van der Waals surface area contributed by atoms with Gasteiger partial charge in [-0.2, -0.15) is 0 Å². The second-order valence-electron chi connectivity index (χ2n) is 5.12. The number of rotatable bonds is 2. The van der Waals surface area contributed by atoms with Crippen molar-refractivity contribution in [3.63, 3.8) is 0 Å². The number of alkyl halides is 2. The molecule has 2 atom stereocenters. The van der Waals surface area contributed by atoms with Gasteiger partial charge in [-0.1, -0.05) is 45.2 Å². The van der Waals surface area contributed by atoms with E-state index in [4.69, 9.17) is 0 Å². The van der Waals surface area contributed by atoms with Gasteiger partial charge in [0.2, 0.25) is 0 Å². The summed E-state index contributed by atoms with van der Waals surface area (Å²) in [7, 11) is 0. The van der Waals surface area contributed by atoms with Gasteiger partial charge >= 0.3 is 0 Å². The summed E-state index contributed by atoms with van der Waals surface area (Å²) in [5.74, 6) is 1.01. The van der Waals surface area contributed by atoms with Crippen LogP contribution >= 0.6 is 45.2 Å². The molecule has 1 rings (SSSR count). The highest BCUT2D eigenvalue weighted by Crippen LogP contribution is 2.49. The second kappa shape index (κ2) is 4.33. The Kier molecular flexibility index (Phi) is 4.16. The molecule has 1 saturated heterocycles. The second-order valence-corrected chi connectivity index (χ2v) is 6.88. The SMILES string of the molecule is CC1(C)[C@H](CI)[C@@H](CI)C(C)(C)N1[O]. The van der Waals surface area contributed by atoms with Gasteiger partial charge in [0.25, 0.3) is 0 Å². The molecule has 0 amide bonds. The first kappa shape index (κ1) is 13.4. The van der Waals surface area contributed by atoms with Crippen LogP contribution in [0.3, 0.4) is 0 Å². The predicted molar refractivity (Wildman–Crippen MR) is 75.4 cm³/mol. The lowest BCUT2D eigenvalue weighted by Crippen LogP contribution is -2.47. The van der Waals surface area contributed by atoms with Crippen LogP contribution in [0.15, 0.2) is 0 Å². The summed E-state index contributed by atoms with van der Waals surface area (Å²) in [6.07, 6.45) is 0. The zero-order valence-electron chi connectivity index (χ0n) is 9.18. The van der Waals surface area contributed by atoms with E-state index in [2.05, 4.69) is 72.9 Å². The van der Waals surface area contributed by atoms with Crippen molar-refractivity contribution in [3.8, 4) is 0 Å². The molecule has 14 heavy (non-hydrogen) atoms. The third-order valence-electron chi connectivity index (χ3n) is 3.68. The van der Waals surface area contributed by atoms with Gasteiger partial charge in [-0.3, -0.25) is 0 Å². The highest BCUT2D eigenvalue weighted by atomic mass is 127. The molecule has 1 fully saturated rings. The Morgan fingerprint density at radius 2 is 1.29 bits per heavy atom. The van der Waals surface area contributed by atoms with Gasteiger partial charge in [-0.25, -0.2) is 0 Å². The Hall–Kier alpha value is 1.38. The minimum absolute atomic E-state index is 0.208. The molecule has 1 aliphatic rings. The fourth-order valence-corrected chi connectivity index (χ4v) is 6.00. The molecule has 1 heterocycles. The summed E-state index contributed by atoms with van der Waals surface area (Å²) in [4.78, 5) is 0. The molecular weight excluding hydrogens is 404 g/mol. The average Bonchev–Trinajstić information content (AvgIpc) is 2.22. The molecule has 0 aliphatic carbocycles. The number of nitrogens with zero attached hydrogens (tertiary/aromatic N) is 1. The molecule has 0 aromatic heterocycles. The van der Waals surface area contributed by atoms with Crippen molar-refractivity contribution in [1.82, 2.24) is 5.06 Å². The highest BCUT2D eigenvalue weighted by molar-refractivity contribution is 14.1. The number of hydroxylamine groups is 2. The van der Waals surface area contributed by atoms with Crippen molar-refractivity contribution in [2.45, 2.75) is 38.8 Å². The Morgan fingerprint density at radius 1 is 1.00 bits per heavy atom. The first-order valence-corrected chi connectivity index (χ1v) is 7.94. The molecule has 2 nitrogen and oxygen atoms in total. The zero-order chi connectivity index (χ0) is 11.1. The molecular formula is C10H18I2NO. The normalized spacial score (nSPS) is 36.2. The van der Waals surface area contributed by atoms with Crippen molar-refractivity contribution < 1.29 is 5.21 Å². The molecule has 0 spiro atoms. The standard InChI is InChI=1S/C10H18I2NO/c1-9(2)7(5-11)8(6-12)10(3,4)13(9)14/h7-8H,5-6H2,1-4H3/t7-,8-/m1/s1. The van der Waals surface area contributed by atoms with E-state index in [0.29, 0.717) is 11.8 Å². The molecule has 1 aliphatic heterocycles. The minimum Gasteiger partial charge on any atom is -0.143 e. The molecule has 1 radical (unpaired) electrons. The van der Waals surface area contributed by atoms with Crippen LogP contribution in [-0.2, 0) is 5.21 Å². The summed E-state index contributed by atoms with van der Waals surface area (Å²) >= 11 is 4.82. The van der Waals surface area contributed by atoms with Crippen molar-refractivity contribution in [3.05, 3.63) is 0 Å². The smallest absolute Gasteiger partial charge is 0.0482 e. The lowest BCUT2D eigenvalue weighted by Gasteiger charge is -2.33. The maximum atomic E-state index is 12.2. The van der Waals surface area contributed by atoms with E-state index in [9.17, 15) is 5.21 Å². The lowest BCUT2D eigenvalue weighted by atomic mass is 9.80. The summed E-state index contributed by atoms with van der Waals surface area (Å²) < 4.78 is 2.14. The van der Waals surface area contributed by atoms with Gasteiger partial charge in [0, 0.05) is 19.9 Å². The largest absolute Gasteiger partial charge is 0.143 e. The van der Waals surface area contributed by atoms with Gasteiger partial charge in [0.1, 0.15) is 0 Å². The minimum atomic E-state index is -0.208. The topological polar surface area (TPSA) is 23.1 Å². The van der Waals surface area contributed by atoms with E-state index >= 15 is 0 Å². The maximum absolute atomic E-state index is 12.2. The number of hydrogen-bond acceptors (Lipinski definition) is 1. The Balaban J connectivity index is 3.07. The monoisotopic (exact) mass is 422 g/mol. The van der Waals surface area contributed by atoms with Crippen LogP contribution in [0, 0.1) is 11.8 Å². The van der Waals surface area contributed by atoms with E-state index < -0.39 is 0 Å². The van der Waals surface area contributed by atoms with Crippen LogP contribution in [-0.4, -0.2) is 25.0 Å². The van der Waals surface area contributed by atoms with Crippen LogP contribution in [0.4, 0.5) is 0 Å². The molecule has 0 bridgehead atoms. The van der Waals surface area contributed by atoms with Gasteiger partial charge in [-0.15, -0.1) is 10.3 Å². The Morgan fingerprint density at radius 3 is 1.50 bits per heavy atom. The summed E-state index contributed by atoms with van der Waals surface area (Å²) in [6, 6.07) is 0. The van der Waals surface area contributed by atoms with Gasteiger partial charge < -0.3 is 0 Å².